The quantitative estimate of drug-likeness (QED) is 0.751. The lowest BCUT2D eigenvalue weighted by atomic mass is 10.3. The van der Waals surface area contributed by atoms with Crippen LogP contribution in [-0.4, -0.2) is 10.1 Å². The van der Waals surface area contributed by atoms with Gasteiger partial charge in [-0.3, -0.25) is 0 Å². The average molecular weight is 272 g/mol. The van der Waals surface area contributed by atoms with Crippen molar-refractivity contribution in [1.29, 1.82) is 0 Å². The highest BCUT2D eigenvalue weighted by atomic mass is 32.1. The van der Waals surface area contributed by atoms with Crippen molar-refractivity contribution in [3.63, 3.8) is 0 Å². The van der Waals surface area contributed by atoms with Crippen LogP contribution < -0.4 is 5.32 Å². The van der Waals surface area contributed by atoms with Crippen molar-refractivity contribution in [2.45, 2.75) is 6.92 Å². The third-order valence-electron chi connectivity index (χ3n) is 2.65. The molecule has 19 heavy (non-hydrogen) atoms. The van der Waals surface area contributed by atoms with Gasteiger partial charge in [0.05, 0.1) is 6.26 Å². The molecule has 0 amide bonds. The standard InChI is InChI=1S/C14H12N2O2S/c1-9-13(12-6-3-7-18-12)16-14(19-9)15-10-4-2-5-11(17)8-10/h2-8,17H,1H3,(H,15,16). The number of benzene rings is 1. The zero-order valence-electron chi connectivity index (χ0n) is 10.3. The number of aryl methyl sites for hydroxylation is 1. The number of hydrogen-bond donors (Lipinski definition) is 2. The second kappa shape index (κ2) is 4.78. The number of hydrogen-bond acceptors (Lipinski definition) is 5. The van der Waals surface area contributed by atoms with Gasteiger partial charge in [0.2, 0.25) is 0 Å². The fraction of sp³-hybridized carbons (Fsp3) is 0.0714. The van der Waals surface area contributed by atoms with Crippen molar-refractivity contribution in [2.75, 3.05) is 5.32 Å². The Morgan fingerprint density at radius 1 is 1.26 bits per heavy atom. The van der Waals surface area contributed by atoms with E-state index in [-0.39, 0.29) is 5.75 Å². The largest absolute Gasteiger partial charge is 0.508 e. The Morgan fingerprint density at radius 2 is 2.16 bits per heavy atom. The SMILES string of the molecule is Cc1sc(Nc2cccc(O)c2)nc1-c1ccco1. The lowest BCUT2D eigenvalue weighted by Gasteiger charge is -2.02. The summed E-state index contributed by atoms with van der Waals surface area (Å²) >= 11 is 1.55. The van der Waals surface area contributed by atoms with Crippen LogP contribution in [0.25, 0.3) is 11.5 Å². The molecule has 0 saturated carbocycles. The van der Waals surface area contributed by atoms with E-state index in [0.717, 1.165) is 27.2 Å². The minimum Gasteiger partial charge on any atom is -0.508 e. The van der Waals surface area contributed by atoms with E-state index in [9.17, 15) is 5.11 Å². The molecule has 4 nitrogen and oxygen atoms in total. The Labute approximate surface area is 114 Å². The number of furan rings is 1. The maximum atomic E-state index is 9.43. The van der Waals surface area contributed by atoms with E-state index in [1.54, 1.807) is 35.8 Å². The van der Waals surface area contributed by atoms with Crippen LogP contribution in [0.3, 0.4) is 0 Å². The van der Waals surface area contributed by atoms with Gasteiger partial charge in [-0.15, -0.1) is 11.3 Å². The van der Waals surface area contributed by atoms with Crippen molar-refractivity contribution in [3.8, 4) is 17.2 Å². The van der Waals surface area contributed by atoms with E-state index in [1.807, 2.05) is 25.1 Å². The second-order valence-corrected chi connectivity index (χ2v) is 5.28. The molecule has 0 aliphatic heterocycles. The van der Waals surface area contributed by atoms with Gasteiger partial charge < -0.3 is 14.8 Å². The molecule has 1 aromatic carbocycles. The fourth-order valence-electron chi connectivity index (χ4n) is 1.80. The van der Waals surface area contributed by atoms with Gasteiger partial charge in [-0.05, 0) is 31.2 Å². The summed E-state index contributed by atoms with van der Waals surface area (Å²) < 4.78 is 5.36. The molecule has 0 radical (unpaired) electrons. The van der Waals surface area contributed by atoms with Gasteiger partial charge in [0.25, 0.3) is 0 Å². The summed E-state index contributed by atoms with van der Waals surface area (Å²) in [6, 6.07) is 10.7. The van der Waals surface area contributed by atoms with Gasteiger partial charge in [0.15, 0.2) is 10.9 Å². The normalized spacial score (nSPS) is 10.6. The maximum Gasteiger partial charge on any atom is 0.188 e. The zero-order chi connectivity index (χ0) is 13.2. The lowest BCUT2D eigenvalue weighted by molar-refractivity contribution is 0.475. The molecule has 2 N–H and O–H groups in total. The van der Waals surface area contributed by atoms with E-state index in [4.69, 9.17) is 4.42 Å². The predicted molar refractivity (Wildman–Crippen MR) is 75.9 cm³/mol. The molecule has 2 heterocycles. The molecule has 0 aliphatic rings. The summed E-state index contributed by atoms with van der Waals surface area (Å²) in [4.78, 5) is 5.59. The highest BCUT2D eigenvalue weighted by molar-refractivity contribution is 7.16. The summed E-state index contributed by atoms with van der Waals surface area (Å²) in [6.45, 7) is 2.00. The predicted octanol–water partition coefficient (Wildman–Crippen LogP) is 4.16. The smallest absolute Gasteiger partial charge is 0.188 e. The van der Waals surface area contributed by atoms with Crippen LogP contribution in [0.4, 0.5) is 10.8 Å². The summed E-state index contributed by atoms with van der Waals surface area (Å²) in [5, 5.41) is 13.4. The van der Waals surface area contributed by atoms with Crippen molar-refractivity contribution in [1.82, 2.24) is 4.98 Å². The lowest BCUT2D eigenvalue weighted by Crippen LogP contribution is -1.88. The van der Waals surface area contributed by atoms with Crippen LogP contribution in [0, 0.1) is 6.92 Å². The number of nitrogens with zero attached hydrogens (tertiary/aromatic N) is 1. The highest BCUT2D eigenvalue weighted by Crippen LogP contribution is 2.32. The first-order valence-electron chi connectivity index (χ1n) is 5.80. The van der Waals surface area contributed by atoms with Crippen molar-refractivity contribution in [3.05, 3.63) is 47.5 Å². The summed E-state index contributed by atoms with van der Waals surface area (Å²) in [5.74, 6) is 0.988. The zero-order valence-corrected chi connectivity index (χ0v) is 11.1. The van der Waals surface area contributed by atoms with Gasteiger partial charge in [-0.25, -0.2) is 4.98 Å². The first-order chi connectivity index (χ1) is 9.22. The van der Waals surface area contributed by atoms with E-state index in [1.165, 1.54) is 0 Å². The number of phenolic OH excluding ortho intramolecular Hbond substituents is 1. The number of thiazole rings is 1. The van der Waals surface area contributed by atoms with E-state index in [0.29, 0.717) is 0 Å². The summed E-state index contributed by atoms with van der Waals surface area (Å²) in [7, 11) is 0. The molecule has 5 heteroatoms. The number of phenols is 1. The molecule has 0 spiro atoms. The number of nitrogens with one attached hydrogen (secondary N) is 1. The van der Waals surface area contributed by atoms with Crippen LogP contribution in [-0.2, 0) is 0 Å². The maximum absolute atomic E-state index is 9.43. The minimum absolute atomic E-state index is 0.226. The summed E-state index contributed by atoms with van der Waals surface area (Å²) in [5.41, 5.74) is 1.65. The van der Waals surface area contributed by atoms with E-state index >= 15 is 0 Å². The van der Waals surface area contributed by atoms with Crippen LogP contribution in [0.2, 0.25) is 0 Å². The second-order valence-electron chi connectivity index (χ2n) is 4.08. The van der Waals surface area contributed by atoms with Crippen LogP contribution in [0.15, 0.2) is 47.1 Å². The number of rotatable bonds is 3. The van der Waals surface area contributed by atoms with Gasteiger partial charge in [0.1, 0.15) is 11.4 Å². The molecule has 0 aliphatic carbocycles. The first kappa shape index (κ1) is 11.8. The monoisotopic (exact) mass is 272 g/mol. The molecular weight excluding hydrogens is 260 g/mol. The Morgan fingerprint density at radius 3 is 2.89 bits per heavy atom. The molecule has 3 aromatic rings. The Kier molecular flexibility index (Phi) is 2.97. The summed E-state index contributed by atoms with van der Waals surface area (Å²) in [6.07, 6.45) is 1.64. The van der Waals surface area contributed by atoms with Crippen molar-refractivity contribution < 1.29 is 9.52 Å². The molecule has 0 saturated heterocycles. The molecule has 96 valence electrons. The van der Waals surface area contributed by atoms with Gasteiger partial charge >= 0.3 is 0 Å². The van der Waals surface area contributed by atoms with E-state index < -0.39 is 0 Å². The third-order valence-corrected chi connectivity index (χ3v) is 3.53. The Bertz CT molecular complexity index is 689. The first-order valence-corrected chi connectivity index (χ1v) is 6.61. The fourth-order valence-corrected chi connectivity index (χ4v) is 2.64. The molecule has 0 fully saturated rings. The van der Waals surface area contributed by atoms with Crippen molar-refractivity contribution in [2.24, 2.45) is 0 Å². The molecule has 3 rings (SSSR count). The molecule has 0 bridgehead atoms. The number of aromatic hydroxyl groups is 1. The van der Waals surface area contributed by atoms with Crippen LogP contribution >= 0.6 is 11.3 Å². The van der Waals surface area contributed by atoms with Crippen molar-refractivity contribution >= 4 is 22.2 Å². The third kappa shape index (κ3) is 2.46. The average Bonchev–Trinajstić information content (AvgIpc) is 2.98. The topological polar surface area (TPSA) is 58.3 Å². The molecule has 2 aromatic heterocycles. The Hall–Kier alpha value is -2.27. The molecule has 0 unspecified atom stereocenters. The van der Waals surface area contributed by atoms with Gasteiger partial charge in [-0.2, -0.15) is 0 Å². The molecule has 0 atom stereocenters. The van der Waals surface area contributed by atoms with Gasteiger partial charge in [0, 0.05) is 16.6 Å². The highest BCUT2D eigenvalue weighted by Gasteiger charge is 2.12. The van der Waals surface area contributed by atoms with Crippen LogP contribution in [0.5, 0.6) is 5.75 Å². The van der Waals surface area contributed by atoms with Crippen LogP contribution in [0.1, 0.15) is 4.88 Å². The Balaban J connectivity index is 1.89. The minimum atomic E-state index is 0.226. The van der Waals surface area contributed by atoms with E-state index in [2.05, 4.69) is 10.3 Å². The number of aromatic nitrogens is 1. The van der Waals surface area contributed by atoms with Gasteiger partial charge in [-0.1, -0.05) is 6.07 Å². The number of anilines is 2. The molecular formula is C14H12N2O2S.